The Balaban J connectivity index is 1.13. The van der Waals surface area contributed by atoms with Crippen LogP contribution in [0.25, 0.3) is 10.9 Å². The molecule has 6 rings (SSSR count). The van der Waals surface area contributed by atoms with E-state index in [4.69, 9.17) is 14.7 Å². The van der Waals surface area contributed by atoms with Crippen molar-refractivity contribution in [2.45, 2.75) is 25.7 Å². The first-order valence-electron chi connectivity index (χ1n) is 14.9. The summed E-state index contributed by atoms with van der Waals surface area (Å²) in [7, 11) is 0. The van der Waals surface area contributed by atoms with Crippen molar-refractivity contribution in [3.05, 3.63) is 108 Å². The van der Waals surface area contributed by atoms with E-state index >= 15 is 0 Å². The van der Waals surface area contributed by atoms with Crippen LogP contribution in [0.1, 0.15) is 35.0 Å². The molecule has 224 valence electrons. The standard InChI is InChI=1S/C35H36N6O3/c1-24-10-13-27(36-31(42)23-41-18-20-44-21-19-41)22-30(24)38-33(43)25-11-14-26(15-12-25)37-34-39-29-9-5-4-8-28(29)32(40-34)35(2)16-6-3-7-17-35/h3-16,22H,17-21,23H2,1-2H3,(H,36,42)(H,38,43)(H,37,39,40). The maximum Gasteiger partial charge on any atom is 0.255 e. The number of nitrogens with one attached hydrogen (secondary N) is 3. The SMILES string of the molecule is Cc1ccc(NC(=O)CN2CCOCC2)cc1NC(=O)c1ccc(Nc2nc(C3(C)C=CC=CC3)c3ccccc3n2)cc1. The normalized spacial score (nSPS) is 18.2. The van der Waals surface area contributed by atoms with Gasteiger partial charge in [-0.3, -0.25) is 14.5 Å². The van der Waals surface area contributed by atoms with Crippen molar-refractivity contribution in [3.63, 3.8) is 0 Å². The molecule has 1 atom stereocenters. The Morgan fingerprint density at radius 1 is 0.932 bits per heavy atom. The van der Waals surface area contributed by atoms with Crippen LogP contribution in [-0.2, 0) is 14.9 Å². The number of nitrogens with zero attached hydrogens (tertiary/aromatic N) is 3. The Morgan fingerprint density at radius 2 is 1.70 bits per heavy atom. The number of rotatable bonds is 8. The van der Waals surface area contributed by atoms with Crippen LogP contribution >= 0.6 is 0 Å². The van der Waals surface area contributed by atoms with Gasteiger partial charge in [0.2, 0.25) is 11.9 Å². The summed E-state index contributed by atoms with van der Waals surface area (Å²) >= 11 is 0. The molecule has 0 bridgehead atoms. The van der Waals surface area contributed by atoms with Crippen LogP contribution in [-0.4, -0.2) is 59.5 Å². The van der Waals surface area contributed by atoms with Crippen LogP contribution in [0.3, 0.4) is 0 Å². The molecule has 2 aliphatic rings. The highest BCUT2D eigenvalue weighted by molar-refractivity contribution is 6.05. The summed E-state index contributed by atoms with van der Waals surface area (Å²) in [4.78, 5) is 37.5. The number of hydrogen-bond donors (Lipinski definition) is 3. The van der Waals surface area contributed by atoms with E-state index in [1.165, 1.54) is 0 Å². The van der Waals surface area contributed by atoms with E-state index in [-0.39, 0.29) is 17.2 Å². The molecule has 1 aliphatic carbocycles. The molecule has 2 amide bonds. The lowest BCUT2D eigenvalue weighted by Crippen LogP contribution is -2.41. The molecule has 1 saturated heterocycles. The molecule has 9 nitrogen and oxygen atoms in total. The second-order valence-corrected chi connectivity index (χ2v) is 11.4. The monoisotopic (exact) mass is 588 g/mol. The fourth-order valence-corrected chi connectivity index (χ4v) is 5.50. The summed E-state index contributed by atoms with van der Waals surface area (Å²) in [6.45, 7) is 7.16. The highest BCUT2D eigenvalue weighted by Gasteiger charge is 2.28. The third-order valence-corrected chi connectivity index (χ3v) is 8.04. The predicted octanol–water partition coefficient (Wildman–Crippen LogP) is 5.98. The summed E-state index contributed by atoms with van der Waals surface area (Å²) < 4.78 is 5.35. The number of anilines is 4. The Labute approximate surface area is 257 Å². The van der Waals surface area contributed by atoms with Gasteiger partial charge >= 0.3 is 0 Å². The van der Waals surface area contributed by atoms with Gasteiger partial charge in [-0.25, -0.2) is 9.97 Å². The number of aryl methyl sites for hydroxylation is 1. The van der Waals surface area contributed by atoms with Gasteiger partial charge in [-0.05, 0) is 61.4 Å². The highest BCUT2D eigenvalue weighted by Crippen LogP contribution is 2.36. The van der Waals surface area contributed by atoms with Gasteiger partial charge in [0.25, 0.3) is 5.91 Å². The zero-order valence-electron chi connectivity index (χ0n) is 25.0. The lowest BCUT2D eigenvalue weighted by molar-refractivity contribution is -0.118. The number of amides is 2. The van der Waals surface area contributed by atoms with Gasteiger partial charge in [0.1, 0.15) is 0 Å². The molecule has 0 saturated carbocycles. The molecule has 4 aromatic rings. The molecule has 1 aromatic heterocycles. The number of carbonyl (C=O) groups is 2. The minimum absolute atomic E-state index is 0.0974. The number of benzene rings is 3. The summed E-state index contributed by atoms with van der Waals surface area (Å²) in [6, 6.07) is 20.8. The van der Waals surface area contributed by atoms with E-state index in [0.717, 1.165) is 47.4 Å². The summed E-state index contributed by atoms with van der Waals surface area (Å²) in [6.07, 6.45) is 9.34. The summed E-state index contributed by atoms with van der Waals surface area (Å²) in [5, 5.41) is 10.3. The lowest BCUT2D eigenvalue weighted by atomic mass is 9.79. The van der Waals surface area contributed by atoms with Gasteiger partial charge in [-0.1, -0.05) is 55.5 Å². The molecular weight excluding hydrogens is 552 g/mol. The average Bonchev–Trinajstić information content (AvgIpc) is 3.03. The van der Waals surface area contributed by atoms with Gasteiger partial charge in [0.15, 0.2) is 0 Å². The number of morpholine rings is 1. The molecule has 44 heavy (non-hydrogen) atoms. The first-order valence-corrected chi connectivity index (χ1v) is 14.9. The van der Waals surface area contributed by atoms with Crippen molar-refractivity contribution in [1.29, 1.82) is 0 Å². The minimum atomic E-state index is -0.245. The average molecular weight is 589 g/mol. The van der Waals surface area contributed by atoms with Crippen molar-refractivity contribution in [2.75, 3.05) is 48.8 Å². The van der Waals surface area contributed by atoms with E-state index in [1.54, 1.807) is 18.2 Å². The fraction of sp³-hybridized carbons (Fsp3) is 0.257. The maximum absolute atomic E-state index is 13.2. The molecule has 0 spiro atoms. The molecule has 1 fully saturated rings. The molecule has 3 N–H and O–H groups in total. The van der Waals surface area contributed by atoms with E-state index in [0.29, 0.717) is 42.6 Å². The first-order chi connectivity index (χ1) is 21.4. The summed E-state index contributed by atoms with van der Waals surface area (Å²) in [5.74, 6) is 0.161. The fourth-order valence-electron chi connectivity index (χ4n) is 5.50. The molecule has 1 aliphatic heterocycles. The largest absolute Gasteiger partial charge is 0.379 e. The number of carbonyl (C=O) groups excluding carboxylic acids is 2. The molecule has 2 heterocycles. The second-order valence-electron chi connectivity index (χ2n) is 11.4. The van der Waals surface area contributed by atoms with Crippen LogP contribution in [0.4, 0.5) is 23.0 Å². The highest BCUT2D eigenvalue weighted by atomic mass is 16.5. The first kappa shape index (κ1) is 29.2. The number of hydrogen-bond acceptors (Lipinski definition) is 7. The molecule has 9 heteroatoms. The third kappa shape index (κ3) is 6.69. The number of ether oxygens (including phenoxy) is 1. The summed E-state index contributed by atoms with van der Waals surface area (Å²) in [5.41, 5.74) is 5.04. The van der Waals surface area contributed by atoms with Crippen LogP contribution in [0.5, 0.6) is 0 Å². The smallest absolute Gasteiger partial charge is 0.255 e. The van der Waals surface area contributed by atoms with Gasteiger partial charge in [0.05, 0.1) is 31.0 Å². The number of para-hydroxylation sites is 1. The van der Waals surface area contributed by atoms with Crippen LogP contribution < -0.4 is 16.0 Å². The maximum atomic E-state index is 13.2. The van der Waals surface area contributed by atoms with Crippen molar-refractivity contribution in [2.24, 2.45) is 0 Å². The molecule has 3 aromatic carbocycles. The Kier molecular flexibility index (Phi) is 8.49. The second kappa shape index (κ2) is 12.8. The van der Waals surface area contributed by atoms with E-state index < -0.39 is 0 Å². The van der Waals surface area contributed by atoms with Crippen molar-refractivity contribution < 1.29 is 14.3 Å². The van der Waals surface area contributed by atoms with Crippen molar-refractivity contribution >= 4 is 45.7 Å². The van der Waals surface area contributed by atoms with Crippen molar-refractivity contribution in [1.82, 2.24) is 14.9 Å². The predicted molar refractivity (Wildman–Crippen MR) is 175 cm³/mol. The Morgan fingerprint density at radius 3 is 2.48 bits per heavy atom. The molecule has 1 unspecified atom stereocenters. The van der Waals surface area contributed by atoms with Crippen LogP contribution in [0.2, 0.25) is 0 Å². The Hall–Kier alpha value is -4.86. The quantitative estimate of drug-likeness (QED) is 0.232. The van der Waals surface area contributed by atoms with E-state index in [1.807, 2.05) is 49.4 Å². The van der Waals surface area contributed by atoms with Crippen LogP contribution in [0.15, 0.2) is 91.0 Å². The van der Waals surface area contributed by atoms with Gasteiger partial charge in [-0.15, -0.1) is 0 Å². The molecule has 0 radical (unpaired) electrons. The molecular formula is C35H36N6O3. The minimum Gasteiger partial charge on any atom is -0.379 e. The lowest BCUT2D eigenvalue weighted by Gasteiger charge is -2.27. The Bertz CT molecular complexity index is 1740. The van der Waals surface area contributed by atoms with Crippen molar-refractivity contribution in [3.8, 4) is 0 Å². The number of allylic oxidation sites excluding steroid dienone is 4. The van der Waals surface area contributed by atoms with E-state index in [2.05, 4.69) is 58.1 Å². The third-order valence-electron chi connectivity index (χ3n) is 8.04. The van der Waals surface area contributed by atoms with Gasteiger partial charge in [0, 0.05) is 46.5 Å². The topological polar surface area (TPSA) is 108 Å². The van der Waals surface area contributed by atoms with Gasteiger partial charge in [-0.2, -0.15) is 0 Å². The number of aromatic nitrogens is 2. The van der Waals surface area contributed by atoms with Crippen LogP contribution in [0, 0.1) is 6.92 Å². The zero-order valence-corrected chi connectivity index (χ0v) is 25.0. The van der Waals surface area contributed by atoms with Gasteiger partial charge < -0.3 is 20.7 Å². The number of fused-ring (bicyclic) bond motifs is 1. The zero-order chi connectivity index (χ0) is 30.5. The van der Waals surface area contributed by atoms with E-state index in [9.17, 15) is 9.59 Å².